The third kappa shape index (κ3) is 3.92. The number of benzene rings is 2. The number of halogens is 3. The van der Waals surface area contributed by atoms with Gasteiger partial charge in [0.1, 0.15) is 21.3 Å². The van der Waals surface area contributed by atoms with Crippen molar-refractivity contribution in [1.29, 1.82) is 0 Å². The Bertz CT molecular complexity index is 1220. The zero-order valence-electron chi connectivity index (χ0n) is 14.9. The Morgan fingerprint density at radius 1 is 1.10 bits per heavy atom. The molecule has 0 bridgehead atoms. The van der Waals surface area contributed by atoms with E-state index < -0.39 is 11.6 Å². The lowest BCUT2D eigenvalue weighted by Crippen LogP contribution is -2.22. The first kappa shape index (κ1) is 19.3. The number of carbonyl (C=O) groups is 1. The molecule has 0 atom stereocenters. The quantitative estimate of drug-likeness (QED) is 0.456. The highest BCUT2D eigenvalue weighted by atomic mass is 35.5. The van der Waals surface area contributed by atoms with Gasteiger partial charge in [0, 0.05) is 28.6 Å². The van der Waals surface area contributed by atoms with E-state index in [0.717, 1.165) is 23.0 Å². The molecule has 0 aliphatic carbocycles. The van der Waals surface area contributed by atoms with Crippen LogP contribution in [0.25, 0.3) is 21.5 Å². The Hall–Kier alpha value is -3.03. The van der Waals surface area contributed by atoms with Gasteiger partial charge in [-0.1, -0.05) is 23.7 Å². The van der Waals surface area contributed by atoms with E-state index in [0.29, 0.717) is 38.0 Å². The molecule has 2 heterocycles. The highest BCUT2D eigenvalue weighted by Gasteiger charge is 2.18. The fourth-order valence-corrected chi connectivity index (χ4v) is 4.01. The molecule has 0 spiro atoms. The van der Waals surface area contributed by atoms with Gasteiger partial charge in [-0.2, -0.15) is 0 Å². The number of aromatic nitrogens is 1. The minimum Gasteiger partial charge on any atom is -0.397 e. The normalized spacial score (nSPS) is 11.0. The van der Waals surface area contributed by atoms with Gasteiger partial charge in [0.25, 0.3) is 5.91 Å². The molecule has 1 amide bonds. The molecule has 29 heavy (non-hydrogen) atoms. The van der Waals surface area contributed by atoms with E-state index in [4.69, 9.17) is 17.3 Å². The second-order valence-corrected chi connectivity index (χ2v) is 7.76. The molecule has 2 aromatic carbocycles. The molecule has 0 saturated heterocycles. The first-order chi connectivity index (χ1) is 13.9. The number of nitrogens with two attached hydrogens (primary N) is 1. The average molecular weight is 430 g/mol. The van der Waals surface area contributed by atoms with Crippen LogP contribution < -0.4 is 11.1 Å². The molecular weight excluding hydrogens is 416 g/mol. The van der Waals surface area contributed by atoms with Crippen LogP contribution in [0.4, 0.5) is 14.5 Å². The van der Waals surface area contributed by atoms with Gasteiger partial charge >= 0.3 is 0 Å². The van der Waals surface area contributed by atoms with Crippen LogP contribution in [0.15, 0.2) is 54.6 Å². The number of hydrogen-bond acceptors (Lipinski definition) is 4. The third-order valence-electron chi connectivity index (χ3n) is 4.37. The third-order valence-corrected chi connectivity index (χ3v) is 5.74. The van der Waals surface area contributed by atoms with E-state index in [1.54, 1.807) is 24.3 Å². The van der Waals surface area contributed by atoms with E-state index in [1.807, 2.05) is 12.1 Å². The van der Waals surface area contributed by atoms with E-state index in [9.17, 15) is 13.6 Å². The van der Waals surface area contributed by atoms with Crippen molar-refractivity contribution in [2.75, 3.05) is 5.73 Å². The predicted octanol–water partition coefficient (Wildman–Crippen LogP) is 5.41. The number of fused-ring (bicyclic) bond motifs is 1. The van der Waals surface area contributed by atoms with Crippen molar-refractivity contribution in [2.45, 2.75) is 6.54 Å². The molecule has 146 valence electrons. The smallest absolute Gasteiger partial charge is 0.263 e. The Balaban J connectivity index is 1.61. The Kier molecular flexibility index (Phi) is 5.17. The number of rotatable bonds is 4. The van der Waals surface area contributed by atoms with Gasteiger partial charge in [0.2, 0.25) is 0 Å². The maximum Gasteiger partial charge on any atom is 0.263 e. The molecule has 8 heteroatoms. The molecule has 4 nitrogen and oxygen atoms in total. The first-order valence-corrected chi connectivity index (χ1v) is 9.79. The van der Waals surface area contributed by atoms with E-state index >= 15 is 0 Å². The lowest BCUT2D eigenvalue weighted by atomic mass is 10.1. The van der Waals surface area contributed by atoms with Crippen molar-refractivity contribution in [1.82, 2.24) is 10.3 Å². The maximum absolute atomic E-state index is 14.1. The fourth-order valence-electron chi connectivity index (χ4n) is 2.88. The zero-order valence-corrected chi connectivity index (χ0v) is 16.5. The summed E-state index contributed by atoms with van der Waals surface area (Å²) in [4.78, 5) is 17.8. The number of hydrogen-bond donors (Lipinski definition) is 2. The minimum atomic E-state index is -0.706. The monoisotopic (exact) mass is 429 g/mol. The van der Waals surface area contributed by atoms with Crippen LogP contribution in [0, 0.1) is 11.6 Å². The predicted molar refractivity (Wildman–Crippen MR) is 112 cm³/mol. The number of anilines is 1. The van der Waals surface area contributed by atoms with Crippen molar-refractivity contribution < 1.29 is 13.6 Å². The van der Waals surface area contributed by atoms with Crippen LogP contribution in [0.5, 0.6) is 0 Å². The van der Waals surface area contributed by atoms with Crippen LogP contribution in [0.3, 0.4) is 0 Å². The summed E-state index contributed by atoms with van der Waals surface area (Å²) >= 11 is 6.98. The highest BCUT2D eigenvalue weighted by molar-refractivity contribution is 7.21. The van der Waals surface area contributed by atoms with Gasteiger partial charge < -0.3 is 11.1 Å². The SMILES string of the molecule is Nc1c(C(=O)NCc2ccc(Cl)cc2)sc2nc(-c3ccc(F)cc3F)ccc12. The number of amides is 1. The van der Waals surface area contributed by atoms with Gasteiger partial charge in [-0.05, 0) is 42.0 Å². The Morgan fingerprint density at radius 2 is 1.86 bits per heavy atom. The summed E-state index contributed by atoms with van der Waals surface area (Å²) < 4.78 is 27.2. The molecule has 0 aliphatic heterocycles. The number of pyridine rings is 1. The Labute approximate surface area is 174 Å². The van der Waals surface area contributed by atoms with E-state index in [2.05, 4.69) is 10.3 Å². The van der Waals surface area contributed by atoms with Gasteiger partial charge in [-0.3, -0.25) is 4.79 Å². The number of carbonyl (C=O) groups excluding carboxylic acids is 1. The van der Waals surface area contributed by atoms with Crippen molar-refractivity contribution in [3.8, 4) is 11.3 Å². The molecule has 0 saturated carbocycles. The zero-order chi connectivity index (χ0) is 20.5. The summed E-state index contributed by atoms with van der Waals surface area (Å²) in [5.41, 5.74) is 7.86. The number of nitrogen functional groups attached to an aromatic ring is 1. The molecular formula is C21H14ClF2N3OS. The molecule has 0 aliphatic rings. The molecule has 4 rings (SSSR count). The van der Waals surface area contributed by atoms with E-state index in [-0.39, 0.29) is 11.5 Å². The number of thiophene rings is 1. The van der Waals surface area contributed by atoms with Gasteiger partial charge in [-0.25, -0.2) is 13.8 Å². The van der Waals surface area contributed by atoms with Crippen LogP contribution >= 0.6 is 22.9 Å². The summed E-state index contributed by atoms with van der Waals surface area (Å²) in [5.74, 6) is -1.69. The second-order valence-electron chi connectivity index (χ2n) is 6.33. The summed E-state index contributed by atoms with van der Waals surface area (Å²) in [7, 11) is 0. The van der Waals surface area contributed by atoms with Crippen LogP contribution in [-0.4, -0.2) is 10.9 Å². The fraction of sp³-hybridized carbons (Fsp3) is 0.0476. The molecule has 0 unspecified atom stereocenters. The lowest BCUT2D eigenvalue weighted by molar-refractivity contribution is 0.0956. The van der Waals surface area contributed by atoms with E-state index in [1.165, 1.54) is 12.1 Å². The van der Waals surface area contributed by atoms with Crippen LogP contribution in [0.1, 0.15) is 15.2 Å². The van der Waals surface area contributed by atoms with Crippen molar-refractivity contribution >= 4 is 44.7 Å². The first-order valence-electron chi connectivity index (χ1n) is 8.59. The van der Waals surface area contributed by atoms with Crippen LogP contribution in [-0.2, 0) is 6.54 Å². The molecule has 4 aromatic rings. The van der Waals surface area contributed by atoms with Gasteiger partial charge in [0.05, 0.1) is 11.4 Å². The topological polar surface area (TPSA) is 68.0 Å². The minimum absolute atomic E-state index is 0.175. The average Bonchev–Trinajstić information content (AvgIpc) is 3.03. The molecule has 0 radical (unpaired) electrons. The molecule has 3 N–H and O–H groups in total. The summed E-state index contributed by atoms with van der Waals surface area (Å²) in [6, 6.07) is 13.7. The highest BCUT2D eigenvalue weighted by Crippen LogP contribution is 2.34. The number of nitrogens with one attached hydrogen (secondary N) is 1. The van der Waals surface area contributed by atoms with Crippen LogP contribution in [0.2, 0.25) is 5.02 Å². The van der Waals surface area contributed by atoms with Gasteiger partial charge in [-0.15, -0.1) is 11.3 Å². The molecule has 2 aromatic heterocycles. The summed E-state index contributed by atoms with van der Waals surface area (Å²) in [6.07, 6.45) is 0. The second kappa shape index (κ2) is 7.77. The Morgan fingerprint density at radius 3 is 2.59 bits per heavy atom. The van der Waals surface area contributed by atoms with Gasteiger partial charge in [0.15, 0.2) is 0 Å². The standard InChI is InChI=1S/C21H14ClF2N3OS/c22-12-3-1-11(2-4-12)10-26-20(28)19-18(25)15-7-8-17(27-21(15)29-19)14-6-5-13(23)9-16(14)24/h1-9H,10,25H2,(H,26,28). The summed E-state index contributed by atoms with van der Waals surface area (Å²) in [6.45, 7) is 0.323. The number of nitrogens with zero attached hydrogens (tertiary/aromatic N) is 1. The largest absolute Gasteiger partial charge is 0.397 e. The van der Waals surface area contributed by atoms with Crippen molar-refractivity contribution in [3.63, 3.8) is 0 Å². The maximum atomic E-state index is 14.1. The van der Waals surface area contributed by atoms with Crippen molar-refractivity contribution in [2.24, 2.45) is 0 Å². The van der Waals surface area contributed by atoms with Crippen molar-refractivity contribution in [3.05, 3.63) is 81.7 Å². The lowest BCUT2D eigenvalue weighted by Gasteiger charge is -2.04. The summed E-state index contributed by atoms with van der Waals surface area (Å²) in [5, 5.41) is 4.05. The molecule has 0 fully saturated rings.